The second kappa shape index (κ2) is 6.65. The first-order valence-electron chi connectivity index (χ1n) is 7.45. The highest BCUT2D eigenvalue weighted by molar-refractivity contribution is 6.35. The summed E-state index contributed by atoms with van der Waals surface area (Å²) in [5.74, 6) is 0.920. The molecule has 1 aliphatic heterocycles. The quantitative estimate of drug-likeness (QED) is 0.863. The summed E-state index contributed by atoms with van der Waals surface area (Å²) in [5.41, 5.74) is 0. The van der Waals surface area contributed by atoms with Crippen molar-refractivity contribution in [3.63, 3.8) is 0 Å². The second-order valence-electron chi connectivity index (χ2n) is 5.58. The Balaban J connectivity index is 1.62. The van der Waals surface area contributed by atoms with Gasteiger partial charge in [0.2, 0.25) is 0 Å². The van der Waals surface area contributed by atoms with Crippen LogP contribution in [0.2, 0.25) is 5.02 Å². The summed E-state index contributed by atoms with van der Waals surface area (Å²) in [5, 5.41) is 2.91. The zero-order chi connectivity index (χ0) is 14.7. The molecule has 3 rings (SSSR count). The van der Waals surface area contributed by atoms with E-state index in [4.69, 9.17) is 16.3 Å². The number of fused-ring (bicyclic) bond motifs is 1. The van der Waals surface area contributed by atoms with Crippen molar-refractivity contribution >= 4 is 22.4 Å². The maximum atomic E-state index is 6.23. The first kappa shape index (κ1) is 14.6. The Hall–Kier alpha value is -1.29. The number of ether oxygens (including phenoxy) is 1. The third-order valence-electron chi connectivity index (χ3n) is 4.09. The van der Waals surface area contributed by atoms with E-state index >= 15 is 0 Å². The van der Waals surface area contributed by atoms with Gasteiger partial charge in [0.1, 0.15) is 12.4 Å². The molecule has 2 aromatic carbocycles. The monoisotopic (exact) mass is 304 g/mol. The van der Waals surface area contributed by atoms with Gasteiger partial charge >= 0.3 is 0 Å². The van der Waals surface area contributed by atoms with Crippen molar-refractivity contribution in [3.8, 4) is 5.75 Å². The zero-order valence-electron chi connectivity index (χ0n) is 12.4. The normalized spacial score (nSPS) is 17.2. The largest absolute Gasteiger partial charge is 0.492 e. The molecule has 0 aromatic heterocycles. The number of hydrogen-bond donors (Lipinski definition) is 0. The van der Waals surface area contributed by atoms with E-state index in [-0.39, 0.29) is 0 Å². The average Bonchev–Trinajstić information content (AvgIpc) is 2.52. The van der Waals surface area contributed by atoms with E-state index in [1.807, 2.05) is 30.3 Å². The van der Waals surface area contributed by atoms with Gasteiger partial charge in [-0.15, -0.1) is 0 Å². The third-order valence-corrected chi connectivity index (χ3v) is 4.42. The summed E-state index contributed by atoms with van der Waals surface area (Å²) in [7, 11) is 2.17. The lowest BCUT2D eigenvalue weighted by Crippen LogP contribution is -2.45. The minimum atomic E-state index is 0.718. The van der Waals surface area contributed by atoms with Crippen LogP contribution in [0.4, 0.5) is 0 Å². The van der Waals surface area contributed by atoms with Gasteiger partial charge in [0.25, 0.3) is 0 Å². The lowest BCUT2D eigenvalue weighted by atomic mass is 10.1. The Morgan fingerprint density at radius 3 is 2.48 bits per heavy atom. The molecule has 0 saturated carbocycles. The predicted molar refractivity (Wildman–Crippen MR) is 88.4 cm³/mol. The van der Waals surface area contributed by atoms with Crippen LogP contribution in [-0.4, -0.2) is 56.2 Å². The lowest BCUT2D eigenvalue weighted by molar-refractivity contribution is 0.134. The van der Waals surface area contributed by atoms with Crippen LogP contribution in [0.1, 0.15) is 0 Å². The van der Waals surface area contributed by atoms with Crippen molar-refractivity contribution in [2.45, 2.75) is 0 Å². The lowest BCUT2D eigenvalue weighted by Gasteiger charge is -2.32. The minimum absolute atomic E-state index is 0.718. The SMILES string of the molecule is CN1CCN(CCOc2ccc(Cl)c3ccccc23)CC1. The molecular formula is C17H21ClN2O. The van der Waals surface area contributed by atoms with Crippen molar-refractivity contribution in [2.75, 3.05) is 46.4 Å². The van der Waals surface area contributed by atoms with Gasteiger partial charge in [0.15, 0.2) is 0 Å². The number of hydrogen-bond acceptors (Lipinski definition) is 3. The molecule has 0 atom stereocenters. The van der Waals surface area contributed by atoms with Crippen molar-refractivity contribution in [2.24, 2.45) is 0 Å². The maximum Gasteiger partial charge on any atom is 0.127 e. The van der Waals surface area contributed by atoms with Crippen molar-refractivity contribution in [1.82, 2.24) is 9.80 Å². The first-order chi connectivity index (χ1) is 10.2. The fraction of sp³-hybridized carbons (Fsp3) is 0.412. The number of rotatable bonds is 4. The average molecular weight is 305 g/mol. The Morgan fingerprint density at radius 2 is 1.71 bits per heavy atom. The molecule has 3 nitrogen and oxygen atoms in total. The van der Waals surface area contributed by atoms with Gasteiger partial charge in [-0.05, 0) is 19.2 Å². The van der Waals surface area contributed by atoms with E-state index in [1.54, 1.807) is 0 Å². The van der Waals surface area contributed by atoms with Gasteiger partial charge in [0.05, 0.1) is 0 Å². The van der Waals surface area contributed by atoms with E-state index in [1.165, 1.54) is 0 Å². The zero-order valence-corrected chi connectivity index (χ0v) is 13.1. The van der Waals surface area contributed by atoms with Crippen molar-refractivity contribution < 1.29 is 4.74 Å². The molecule has 4 heteroatoms. The molecule has 0 radical (unpaired) electrons. The summed E-state index contributed by atoms with van der Waals surface area (Å²) < 4.78 is 5.99. The van der Waals surface area contributed by atoms with Crippen LogP contribution in [0, 0.1) is 0 Å². The maximum absolute atomic E-state index is 6.23. The van der Waals surface area contributed by atoms with Crippen LogP contribution in [0.5, 0.6) is 5.75 Å². The fourth-order valence-electron chi connectivity index (χ4n) is 2.72. The molecule has 0 amide bonds. The number of likely N-dealkylation sites (N-methyl/N-ethyl adjacent to an activating group) is 1. The molecule has 0 aliphatic carbocycles. The highest BCUT2D eigenvalue weighted by atomic mass is 35.5. The molecule has 0 bridgehead atoms. The molecule has 1 saturated heterocycles. The van der Waals surface area contributed by atoms with E-state index in [0.717, 1.165) is 60.9 Å². The van der Waals surface area contributed by atoms with Crippen molar-refractivity contribution in [1.29, 1.82) is 0 Å². The molecule has 21 heavy (non-hydrogen) atoms. The van der Waals surface area contributed by atoms with Gasteiger partial charge in [-0.3, -0.25) is 4.90 Å². The summed E-state index contributed by atoms with van der Waals surface area (Å²) in [6.45, 7) is 6.23. The van der Waals surface area contributed by atoms with E-state index in [9.17, 15) is 0 Å². The van der Waals surface area contributed by atoms with Crippen LogP contribution in [0.15, 0.2) is 36.4 Å². The number of nitrogens with zero attached hydrogens (tertiary/aromatic N) is 2. The van der Waals surface area contributed by atoms with Crippen LogP contribution in [-0.2, 0) is 0 Å². The van der Waals surface area contributed by atoms with Gasteiger partial charge in [-0.2, -0.15) is 0 Å². The Bertz CT molecular complexity index is 609. The molecule has 0 unspecified atom stereocenters. The van der Waals surface area contributed by atoms with Crippen LogP contribution in [0.3, 0.4) is 0 Å². The van der Waals surface area contributed by atoms with Gasteiger partial charge in [-0.1, -0.05) is 35.9 Å². The molecule has 1 aliphatic rings. The predicted octanol–water partition coefficient (Wildman–Crippen LogP) is 3.12. The Kier molecular flexibility index (Phi) is 4.63. The highest BCUT2D eigenvalue weighted by Gasteiger charge is 2.13. The molecule has 1 heterocycles. The van der Waals surface area contributed by atoms with Gasteiger partial charge in [0, 0.05) is 48.5 Å². The standard InChI is InChI=1S/C17H21ClN2O/c1-19-8-10-20(11-9-19)12-13-21-17-7-6-16(18)14-4-2-3-5-15(14)17/h2-7H,8-13H2,1H3. The highest BCUT2D eigenvalue weighted by Crippen LogP contribution is 2.31. The molecule has 2 aromatic rings. The van der Waals surface area contributed by atoms with Crippen LogP contribution in [0.25, 0.3) is 10.8 Å². The Labute approximate surface area is 131 Å². The van der Waals surface area contributed by atoms with Crippen LogP contribution >= 0.6 is 11.6 Å². The number of piperazine rings is 1. The van der Waals surface area contributed by atoms with E-state index < -0.39 is 0 Å². The molecule has 1 fully saturated rings. The summed E-state index contributed by atoms with van der Waals surface area (Å²) >= 11 is 6.23. The fourth-order valence-corrected chi connectivity index (χ4v) is 2.94. The van der Waals surface area contributed by atoms with Gasteiger partial charge < -0.3 is 9.64 Å². The smallest absolute Gasteiger partial charge is 0.127 e. The molecule has 0 spiro atoms. The minimum Gasteiger partial charge on any atom is -0.492 e. The van der Waals surface area contributed by atoms with E-state index in [0.29, 0.717) is 0 Å². The third kappa shape index (κ3) is 3.49. The molecule has 0 N–H and O–H groups in total. The number of benzene rings is 2. The Morgan fingerprint density at radius 1 is 1.00 bits per heavy atom. The van der Waals surface area contributed by atoms with E-state index in [2.05, 4.69) is 22.9 Å². The molecule has 112 valence electrons. The van der Waals surface area contributed by atoms with Crippen molar-refractivity contribution in [3.05, 3.63) is 41.4 Å². The first-order valence-corrected chi connectivity index (χ1v) is 7.83. The topological polar surface area (TPSA) is 15.7 Å². The molecular weight excluding hydrogens is 284 g/mol. The van der Waals surface area contributed by atoms with Crippen LogP contribution < -0.4 is 4.74 Å². The number of halogens is 1. The summed E-state index contributed by atoms with van der Waals surface area (Å²) in [6, 6.07) is 12.0. The van der Waals surface area contributed by atoms with Gasteiger partial charge in [-0.25, -0.2) is 0 Å². The second-order valence-corrected chi connectivity index (χ2v) is 5.99. The summed E-state index contributed by atoms with van der Waals surface area (Å²) in [6.07, 6.45) is 0. The summed E-state index contributed by atoms with van der Waals surface area (Å²) in [4.78, 5) is 4.82.